The summed E-state index contributed by atoms with van der Waals surface area (Å²) in [7, 11) is 8.32. The maximum Gasteiger partial charge on any atom is 0.230 e. The number of nitrogens with zero attached hydrogens (tertiary/aromatic N) is 2. The molecule has 0 spiro atoms. The minimum Gasteiger partial charge on any atom is -0.350 e. The van der Waals surface area contributed by atoms with Crippen LogP contribution in [0.1, 0.15) is 38.8 Å². The van der Waals surface area contributed by atoms with E-state index in [4.69, 9.17) is 7.85 Å². The average molecular weight is 442 g/mol. The van der Waals surface area contributed by atoms with Gasteiger partial charge in [-0.15, -0.1) is 0 Å². The molecule has 1 amide bonds. The number of aromatic amines is 1. The lowest BCUT2D eigenvalue weighted by Crippen LogP contribution is -2.47. The topological polar surface area (TPSA) is 39.3 Å². The van der Waals surface area contributed by atoms with Crippen LogP contribution >= 0.6 is 15.9 Å². The van der Waals surface area contributed by atoms with Gasteiger partial charge in [0.15, 0.2) is 0 Å². The van der Waals surface area contributed by atoms with Crippen LogP contribution in [-0.4, -0.2) is 61.3 Å². The third-order valence-corrected chi connectivity index (χ3v) is 6.57. The molecule has 148 valence electrons. The molecule has 1 aliphatic carbocycles. The zero-order valence-electron chi connectivity index (χ0n) is 17.5. The number of likely N-dealkylation sites (N-methyl/N-ethyl adjacent to an activating group) is 1. The lowest BCUT2D eigenvalue weighted by atomic mass is 9.78. The summed E-state index contributed by atoms with van der Waals surface area (Å²) in [5.41, 5.74) is 5.49. The largest absolute Gasteiger partial charge is 0.350 e. The van der Waals surface area contributed by atoms with E-state index in [0.717, 1.165) is 41.6 Å². The van der Waals surface area contributed by atoms with Gasteiger partial charge in [0, 0.05) is 36.6 Å². The Labute approximate surface area is 177 Å². The number of benzene rings is 1. The number of halogens is 1. The summed E-state index contributed by atoms with van der Waals surface area (Å²) in [5.74, 6) is 0.128. The fraction of sp³-hybridized carbons (Fsp3) is 0.500. The molecule has 2 aromatic rings. The molecule has 0 bridgehead atoms. The number of rotatable bonds is 3. The normalized spacial score (nSPS) is 20.9. The van der Waals surface area contributed by atoms with Gasteiger partial charge in [-0.25, -0.2) is 0 Å². The van der Waals surface area contributed by atoms with Crippen LogP contribution in [0.4, 0.5) is 0 Å². The minimum absolute atomic E-state index is 0.0947. The minimum atomic E-state index is -0.0947. The summed E-state index contributed by atoms with van der Waals surface area (Å²) in [4.78, 5) is 20.6. The van der Waals surface area contributed by atoms with Crippen LogP contribution in [0.3, 0.4) is 0 Å². The van der Waals surface area contributed by atoms with E-state index in [1.165, 1.54) is 22.1 Å². The second kappa shape index (κ2) is 8.46. The monoisotopic (exact) mass is 441 g/mol. The van der Waals surface area contributed by atoms with Crippen LogP contribution in [-0.2, 0) is 11.2 Å². The van der Waals surface area contributed by atoms with E-state index in [0.29, 0.717) is 6.04 Å². The van der Waals surface area contributed by atoms with Gasteiger partial charge >= 0.3 is 0 Å². The second-order valence-corrected chi connectivity index (χ2v) is 8.06. The highest BCUT2D eigenvalue weighted by molar-refractivity contribution is 9.10. The Morgan fingerprint density at radius 1 is 1.32 bits per heavy atom. The quantitative estimate of drug-likeness (QED) is 0.740. The van der Waals surface area contributed by atoms with E-state index in [2.05, 4.69) is 45.0 Å². The van der Waals surface area contributed by atoms with Crippen molar-refractivity contribution in [2.45, 2.75) is 40.2 Å². The van der Waals surface area contributed by atoms with Gasteiger partial charge < -0.3 is 9.88 Å². The van der Waals surface area contributed by atoms with Gasteiger partial charge in [-0.05, 0) is 59.9 Å². The molecule has 2 radical (unpaired) electrons. The first-order valence-corrected chi connectivity index (χ1v) is 11.0. The zero-order valence-corrected chi connectivity index (χ0v) is 19.1. The zero-order chi connectivity index (χ0) is 20.6. The summed E-state index contributed by atoms with van der Waals surface area (Å²) < 4.78 is 1.01. The van der Waals surface area contributed by atoms with E-state index >= 15 is 0 Å². The molecule has 1 aromatic heterocycles. The fourth-order valence-electron chi connectivity index (χ4n) is 4.50. The van der Waals surface area contributed by atoms with Crippen molar-refractivity contribution in [3.63, 3.8) is 0 Å². The van der Waals surface area contributed by atoms with Gasteiger partial charge in [0.05, 0.1) is 10.5 Å². The Morgan fingerprint density at radius 3 is 2.64 bits per heavy atom. The predicted molar refractivity (Wildman–Crippen MR) is 122 cm³/mol. The van der Waals surface area contributed by atoms with Crippen molar-refractivity contribution in [1.82, 2.24) is 14.8 Å². The number of hydrogen-bond acceptors (Lipinski definition) is 2. The Morgan fingerprint density at radius 2 is 2.00 bits per heavy atom. The molecule has 2 heterocycles. The number of carbonyl (C=O) groups excluding carboxylic acids is 1. The summed E-state index contributed by atoms with van der Waals surface area (Å²) in [5, 5.41) is 1.20. The van der Waals surface area contributed by atoms with Gasteiger partial charge in [-0.2, -0.15) is 0 Å². The number of fused-ring (bicyclic) bond motifs is 2. The van der Waals surface area contributed by atoms with Crippen molar-refractivity contribution < 1.29 is 4.79 Å². The van der Waals surface area contributed by atoms with Crippen molar-refractivity contribution in [3.05, 3.63) is 33.9 Å². The van der Waals surface area contributed by atoms with Gasteiger partial charge in [-0.1, -0.05) is 37.5 Å². The third kappa shape index (κ3) is 3.35. The van der Waals surface area contributed by atoms with Crippen molar-refractivity contribution in [1.29, 1.82) is 0 Å². The Bertz CT molecular complexity index is 916. The highest BCUT2D eigenvalue weighted by Gasteiger charge is 2.37. The summed E-state index contributed by atoms with van der Waals surface area (Å²) in [6, 6.07) is 4.36. The van der Waals surface area contributed by atoms with Crippen molar-refractivity contribution >= 4 is 51.6 Å². The van der Waals surface area contributed by atoms with E-state index in [-0.39, 0.29) is 11.8 Å². The predicted octanol–water partition coefficient (Wildman–Crippen LogP) is 3.49. The average Bonchev–Trinajstić information content (AvgIpc) is 3.04. The molecular weight excluding hydrogens is 413 g/mol. The number of hydrogen-bond donors (Lipinski definition) is 1. The van der Waals surface area contributed by atoms with Crippen LogP contribution in [0, 0.1) is 5.92 Å². The molecule has 1 aliphatic heterocycles. The van der Waals surface area contributed by atoms with Crippen molar-refractivity contribution in [3.8, 4) is 0 Å². The van der Waals surface area contributed by atoms with Crippen molar-refractivity contribution in [2.24, 2.45) is 5.92 Å². The molecule has 0 saturated heterocycles. The lowest BCUT2D eigenvalue weighted by molar-refractivity contribution is -0.134. The summed E-state index contributed by atoms with van der Waals surface area (Å²) >= 11 is 3.67. The maximum absolute atomic E-state index is 12.9. The standard InChI is InChI=1S/C20H23BBrN3O.C2H6/c1-4-25(5-2)20(26)11-8-13-12-6-7-15(21)18-17(12)14(19(22)23-18)9-16(13)24(3)10-11;1-2/h6-8,11,16,23H,4-5,9-10H2,1-3H3;1-2H3/t11-,16?;/m1./s1. The molecule has 2 aliphatic rings. The molecule has 4 rings (SSSR count). The number of aromatic nitrogens is 1. The van der Waals surface area contributed by atoms with Crippen LogP contribution in [0.25, 0.3) is 16.5 Å². The molecular formula is C22H29BBrN3O. The molecule has 2 atom stereocenters. The molecule has 4 nitrogen and oxygen atoms in total. The van der Waals surface area contributed by atoms with E-state index < -0.39 is 0 Å². The molecule has 1 unspecified atom stereocenters. The molecule has 6 heteroatoms. The second-order valence-electron chi connectivity index (χ2n) is 7.27. The first-order valence-electron chi connectivity index (χ1n) is 10.3. The van der Waals surface area contributed by atoms with Crippen LogP contribution in [0.2, 0.25) is 0 Å². The highest BCUT2D eigenvalue weighted by atomic mass is 79.9. The van der Waals surface area contributed by atoms with Crippen molar-refractivity contribution in [2.75, 3.05) is 26.7 Å². The molecule has 1 aromatic carbocycles. The van der Waals surface area contributed by atoms with E-state index in [9.17, 15) is 4.79 Å². The van der Waals surface area contributed by atoms with Gasteiger partial charge in [0.1, 0.15) is 7.85 Å². The smallest absolute Gasteiger partial charge is 0.230 e. The Hall–Kier alpha value is -1.53. The van der Waals surface area contributed by atoms with Gasteiger partial charge in [-0.3, -0.25) is 9.69 Å². The third-order valence-electron chi connectivity index (χ3n) is 5.90. The molecule has 1 N–H and O–H groups in total. The highest BCUT2D eigenvalue weighted by Crippen LogP contribution is 2.43. The summed E-state index contributed by atoms with van der Waals surface area (Å²) in [6.45, 7) is 10.3. The summed E-state index contributed by atoms with van der Waals surface area (Å²) in [6.07, 6.45) is 3.13. The number of carbonyl (C=O) groups is 1. The number of nitrogens with one attached hydrogen (secondary N) is 1. The number of H-pyrrole nitrogens is 1. The lowest BCUT2D eigenvalue weighted by Gasteiger charge is -2.40. The first-order chi connectivity index (χ1) is 13.5. The number of amides is 1. The maximum atomic E-state index is 12.9. The van der Waals surface area contributed by atoms with Gasteiger partial charge in [0.2, 0.25) is 5.91 Å². The first kappa shape index (κ1) is 21.2. The molecule has 28 heavy (non-hydrogen) atoms. The van der Waals surface area contributed by atoms with Crippen LogP contribution in [0.15, 0.2) is 22.8 Å². The van der Waals surface area contributed by atoms with Gasteiger partial charge in [0.25, 0.3) is 0 Å². The Balaban J connectivity index is 0.00000109. The molecule has 0 fully saturated rings. The van der Waals surface area contributed by atoms with Crippen LogP contribution in [0.5, 0.6) is 0 Å². The Kier molecular flexibility index (Phi) is 6.40. The van der Waals surface area contributed by atoms with E-state index in [1.807, 2.05) is 38.7 Å². The SMILES string of the molecule is CC.[B]c1ccc2c3c(c(Br)[nH]c13)CC1C2=C[C@@H](C(=O)N(CC)CC)CN1C. The van der Waals surface area contributed by atoms with E-state index in [1.54, 1.807) is 0 Å². The molecule has 0 saturated carbocycles. The fourth-order valence-corrected chi connectivity index (χ4v) is 5.06. The van der Waals surface area contributed by atoms with Crippen LogP contribution < -0.4 is 5.46 Å².